The smallest absolute Gasteiger partial charge is 0.348 e. The molecule has 7 heteroatoms. The molecule has 0 N–H and O–H groups in total. The number of benzene rings is 1. The lowest BCUT2D eigenvalue weighted by molar-refractivity contribution is -0.222. The van der Waals surface area contributed by atoms with E-state index >= 15 is 0 Å². The van der Waals surface area contributed by atoms with Crippen molar-refractivity contribution in [2.75, 3.05) is 6.61 Å². The third-order valence-corrected chi connectivity index (χ3v) is 2.78. The summed E-state index contributed by atoms with van der Waals surface area (Å²) in [5, 5.41) is 0. The Morgan fingerprint density at radius 1 is 1.18 bits per heavy atom. The van der Waals surface area contributed by atoms with Crippen LogP contribution in [0.5, 0.6) is 5.75 Å². The zero-order valence-corrected chi connectivity index (χ0v) is 12.2. The van der Waals surface area contributed by atoms with E-state index in [1.807, 2.05) is 0 Å². The summed E-state index contributed by atoms with van der Waals surface area (Å²) >= 11 is 0. The maximum absolute atomic E-state index is 14.2. The maximum atomic E-state index is 14.2. The number of rotatable bonds is 3. The van der Waals surface area contributed by atoms with E-state index in [1.165, 1.54) is 13.8 Å². The molecule has 0 aromatic heterocycles. The largest absolute Gasteiger partial charge is 0.488 e. The number of carbonyl (C=O) groups is 2. The minimum atomic E-state index is -1.39. The van der Waals surface area contributed by atoms with Crippen molar-refractivity contribution in [1.29, 1.82) is 0 Å². The van der Waals surface area contributed by atoms with Gasteiger partial charge in [-0.15, -0.1) is 0 Å². The molecule has 0 radical (unpaired) electrons. The standard InChI is InChI=1S/C15H14F2O5/c1-4-20-12-10(16)6-5-8(11(12)17)7-9-13(18)21-15(2,3)22-14(9)19/h5-7H,4H2,1-3H3. The van der Waals surface area contributed by atoms with Crippen LogP contribution in [0.4, 0.5) is 8.78 Å². The molecule has 0 spiro atoms. The highest BCUT2D eigenvalue weighted by atomic mass is 19.1. The fraction of sp³-hybridized carbons (Fsp3) is 0.333. The zero-order valence-electron chi connectivity index (χ0n) is 12.2. The first-order valence-corrected chi connectivity index (χ1v) is 6.54. The Morgan fingerprint density at radius 3 is 2.32 bits per heavy atom. The number of hydrogen-bond donors (Lipinski definition) is 0. The number of hydrogen-bond acceptors (Lipinski definition) is 5. The van der Waals surface area contributed by atoms with Gasteiger partial charge in [0, 0.05) is 19.4 Å². The molecule has 1 aromatic rings. The molecule has 0 unspecified atom stereocenters. The first-order valence-electron chi connectivity index (χ1n) is 6.54. The average molecular weight is 312 g/mol. The monoisotopic (exact) mass is 312 g/mol. The van der Waals surface area contributed by atoms with Crippen molar-refractivity contribution in [3.05, 3.63) is 34.9 Å². The lowest BCUT2D eigenvalue weighted by Gasteiger charge is -2.29. The van der Waals surface area contributed by atoms with Crippen molar-refractivity contribution in [2.45, 2.75) is 26.6 Å². The van der Waals surface area contributed by atoms with E-state index in [0.29, 0.717) is 0 Å². The Bertz CT molecular complexity index is 642. The second-order valence-corrected chi connectivity index (χ2v) is 4.95. The minimum absolute atomic E-state index is 0.0616. The van der Waals surface area contributed by atoms with Gasteiger partial charge in [0.05, 0.1) is 6.61 Å². The van der Waals surface area contributed by atoms with Crippen LogP contribution in [-0.2, 0) is 19.1 Å². The highest BCUT2D eigenvalue weighted by Gasteiger charge is 2.39. The molecule has 1 saturated heterocycles. The number of cyclic esters (lactones) is 2. The zero-order chi connectivity index (χ0) is 16.5. The summed E-state index contributed by atoms with van der Waals surface area (Å²) in [5.41, 5.74) is -0.666. The third-order valence-electron chi connectivity index (χ3n) is 2.78. The molecule has 1 aliphatic heterocycles. The van der Waals surface area contributed by atoms with Gasteiger partial charge in [-0.2, -0.15) is 0 Å². The van der Waals surface area contributed by atoms with Gasteiger partial charge < -0.3 is 14.2 Å². The molecule has 0 aliphatic carbocycles. The topological polar surface area (TPSA) is 61.8 Å². The summed E-state index contributed by atoms with van der Waals surface area (Å²) in [6.07, 6.45) is 0.942. The molecule has 1 heterocycles. The molecule has 0 amide bonds. The Morgan fingerprint density at radius 2 is 1.77 bits per heavy atom. The van der Waals surface area contributed by atoms with Gasteiger partial charge in [0.25, 0.3) is 5.79 Å². The van der Waals surface area contributed by atoms with E-state index in [2.05, 4.69) is 0 Å². The molecule has 0 saturated carbocycles. The number of halogens is 2. The number of ether oxygens (including phenoxy) is 3. The van der Waals surface area contributed by atoms with E-state index in [0.717, 1.165) is 18.2 Å². The molecule has 5 nitrogen and oxygen atoms in total. The van der Waals surface area contributed by atoms with Gasteiger partial charge in [-0.3, -0.25) is 0 Å². The summed E-state index contributed by atoms with van der Waals surface area (Å²) < 4.78 is 42.3. The molecule has 22 heavy (non-hydrogen) atoms. The Labute approximate surface area is 125 Å². The Hall–Kier alpha value is -2.44. The van der Waals surface area contributed by atoms with Crippen LogP contribution in [0.15, 0.2) is 17.7 Å². The van der Waals surface area contributed by atoms with E-state index < -0.39 is 40.7 Å². The molecule has 1 fully saturated rings. The van der Waals surface area contributed by atoms with Crippen LogP contribution in [0.2, 0.25) is 0 Å². The lowest BCUT2D eigenvalue weighted by Crippen LogP contribution is -2.41. The van der Waals surface area contributed by atoms with Crippen molar-refractivity contribution >= 4 is 18.0 Å². The molecule has 0 bridgehead atoms. The van der Waals surface area contributed by atoms with Crippen LogP contribution in [0, 0.1) is 11.6 Å². The van der Waals surface area contributed by atoms with E-state index in [-0.39, 0.29) is 12.2 Å². The molecule has 1 aromatic carbocycles. The summed E-state index contributed by atoms with van der Waals surface area (Å²) in [4.78, 5) is 23.6. The lowest BCUT2D eigenvalue weighted by atomic mass is 10.1. The van der Waals surface area contributed by atoms with Gasteiger partial charge in [-0.25, -0.2) is 18.4 Å². The summed E-state index contributed by atoms with van der Waals surface area (Å²) in [6, 6.07) is 2.06. The van der Waals surface area contributed by atoms with Crippen molar-refractivity contribution in [1.82, 2.24) is 0 Å². The predicted molar refractivity (Wildman–Crippen MR) is 71.8 cm³/mol. The number of carbonyl (C=O) groups excluding carboxylic acids is 2. The SMILES string of the molecule is CCOc1c(F)ccc(C=C2C(=O)OC(C)(C)OC2=O)c1F. The van der Waals surface area contributed by atoms with Gasteiger partial charge >= 0.3 is 11.9 Å². The van der Waals surface area contributed by atoms with E-state index in [1.54, 1.807) is 6.92 Å². The van der Waals surface area contributed by atoms with Crippen LogP contribution in [0.25, 0.3) is 6.08 Å². The Kier molecular flexibility index (Phi) is 4.16. The van der Waals surface area contributed by atoms with Crippen molar-refractivity contribution in [2.24, 2.45) is 0 Å². The average Bonchev–Trinajstić information content (AvgIpc) is 2.40. The fourth-order valence-electron chi connectivity index (χ4n) is 1.87. The van der Waals surface area contributed by atoms with Crippen LogP contribution < -0.4 is 4.74 Å². The fourth-order valence-corrected chi connectivity index (χ4v) is 1.87. The van der Waals surface area contributed by atoms with Gasteiger partial charge in [0.2, 0.25) is 0 Å². The molecule has 118 valence electrons. The van der Waals surface area contributed by atoms with Gasteiger partial charge in [0.1, 0.15) is 5.57 Å². The first kappa shape index (κ1) is 15.9. The maximum Gasteiger partial charge on any atom is 0.348 e. The van der Waals surface area contributed by atoms with Crippen molar-refractivity contribution in [3.63, 3.8) is 0 Å². The van der Waals surface area contributed by atoms with Gasteiger partial charge in [0.15, 0.2) is 17.4 Å². The molecule has 2 rings (SSSR count). The molecular formula is C15H14F2O5. The highest BCUT2D eigenvalue weighted by Crippen LogP contribution is 2.29. The van der Waals surface area contributed by atoms with E-state index in [9.17, 15) is 18.4 Å². The quantitative estimate of drug-likeness (QED) is 0.488. The summed E-state index contributed by atoms with van der Waals surface area (Å²) in [5.74, 6) is -5.74. The summed E-state index contributed by atoms with van der Waals surface area (Å²) in [7, 11) is 0. The molecule has 0 atom stereocenters. The second-order valence-electron chi connectivity index (χ2n) is 4.95. The minimum Gasteiger partial charge on any atom is -0.488 e. The van der Waals surface area contributed by atoms with Gasteiger partial charge in [-0.1, -0.05) is 0 Å². The normalized spacial score (nSPS) is 16.9. The van der Waals surface area contributed by atoms with Crippen molar-refractivity contribution < 1.29 is 32.6 Å². The first-order chi connectivity index (χ1) is 10.2. The van der Waals surface area contributed by atoms with Crippen LogP contribution in [0.3, 0.4) is 0 Å². The highest BCUT2D eigenvalue weighted by molar-refractivity contribution is 6.18. The van der Waals surface area contributed by atoms with Crippen LogP contribution >= 0.6 is 0 Å². The number of esters is 2. The van der Waals surface area contributed by atoms with Crippen molar-refractivity contribution in [3.8, 4) is 5.75 Å². The van der Waals surface area contributed by atoms with Gasteiger partial charge in [-0.05, 0) is 25.1 Å². The second kappa shape index (κ2) is 5.75. The molecule has 1 aliphatic rings. The third kappa shape index (κ3) is 3.08. The molecular weight excluding hydrogens is 298 g/mol. The van der Waals surface area contributed by atoms with E-state index in [4.69, 9.17) is 14.2 Å². The Balaban J connectivity index is 2.43. The summed E-state index contributed by atoms with van der Waals surface area (Å²) in [6.45, 7) is 4.42. The van der Waals surface area contributed by atoms with Crippen LogP contribution in [0.1, 0.15) is 26.3 Å². The predicted octanol–water partition coefficient (Wildman–Crippen LogP) is 2.58. The van der Waals surface area contributed by atoms with Crippen LogP contribution in [-0.4, -0.2) is 24.3 Å².